The Kier molecular flexibility index (Phi) is 10.9. The number of likely N-dealkylation sites (tertiary alicyclic amines) is 1. The third kappa shape index (κ3) is 7.79. The number of carbonyl (C=O) groups is 1. The highest BCUT2D eigenvalue weighted by Gasteiger charge is 2.40. The molecule has 226 valence electrons. The number of halogens is 1. The van der Waals surface area contributed by atoms with Crippen LogP contribution in [0.4, 0.5) is 4.39 Å². The molecule has 4 atom stereocenters. The summed E-state index contributed by atoms with van der Waals surface area (Å²) in [6.45, 7) is 6.18. The summed E-state index contributed by atoms with van der Waals surface area (Å²) in [5.74, 6) is -0.337. The van der Waals surface area contributed by atoms with Crippen LogP contribution in [0.5, 0.6) is 0 Å². The summed E-state index contributed by atoms with van der Waals surface area (Å²) in [6, 6.07) is -0.625. The molecule has 0 bridgehead atoms. The van der Waals surface area contributed by atoms with Gasteiger partial charge in [-0.15, -0.1) is 0 Å². The topological polar surface area (TPSA) is 60.0 Å². The number of allylic oxidation sites excluding steroid dienone is 8. The Hall–Kier alpha value is -2.22. The van der Waals surface area contributed by atoms with Gasteiger partial charge in [0.05, 0.1) is 19.3 Å². The fourth-order valence-electron chi connectivity index (χ4n) is 6.97. The van der Waals surface area contributed by atoms with Gasteiger partial charge in [0.15, 0.2) is 0 Å². The predicted molar refractivity (Wildman–Crippen MR) is 160 cm³/mol. The maximum absolute atomic E-state index is 14.6. The van der Waals surface area contributed by atoms with Gasteiger partial charge in [-0.2, -0.15) is 0 Å². The minimum atomic E-state index is -1.09. The van der Waals surface area contributed by atoms with E-state index in [0.29, 0.717) is 26.2 Å². The van der Waals surface area contributed by atoms with Crippen LogP contribution < -0.4 is 5.32 Å². The van der Waals surface area contributed by atoms with Gasteiger partial charge in [-0.25, -0.2) is 9.18 Å². The molecule has 2 saturated heterocycles. The van der Waals surface area contributed by atoms with Gasteiger partial charge in [0, 0.05) is 45.0 Å². The van der Waals surface area contributed by atoms with E-state index in [-0.39, 0.29) is 18.2 Å². The van der Waals surface area contributed by atoms with Gasteiger partial charge < -0.3 is 19.5 Å². The SMILES string of the molecule is COC(=O)C(C1=CC(F)CC=C1[C@@H]1CCCCO1)N1CC[C@@H](OCCCCC2=C(/C)CCC3=C(/C=C\2)CCCN3)C1. The number of carbonyl (C=O) groups excluding carboxylic acids is 1. The molecule has 3 heterocycles. The second-order valence-electron chi connectivity index (χ2n) is 12.2. The lowest BCUT2D eigenvalue weighted by molar-refractivity contribution is -0.145. The smallest absolute Gasteiger partial charge is 0.327 e. The zero-order valence-electron chi connectivity index (χ0n) is 25.1. The normalized spacial score (nSPS) is 30.9. The molecule has 2 fully saturated rings. The lowest BCUT2D eigenvalue weighted by Crippen LogP contribution is -2.45. The van der Waals surface area contributed by atoms with E-state index in [1.54, 1.807) is 6.08 Å². The van der Waals surface area contributed by atoms with E-state index in [9.17, 15) is 9.18 Å². The van der Waals surface area contributed by atoms with Gasteiger partial charge in [-0.1, -0.05) is 23.8 Å². The predicted octanol–water partition coefficient (Wildman–Crippen LogP) is 6.26. The molecule has 6 nitrogen and oxygen atoms in total. The number of hydrogen-bond donors (Lipinski definition) is 1. The number of unbranched alkanes of at least 4 members (excludes halogenated alkanes) is 1. The average molecular weight is 569 g/mol. The Morgan fingerprint density at radius 3 is 2.90 bits per heavy atom. The van der Waals surface area contributed by atoms with E-state index in [2.05, 4.69) is 29.3 Å². The van der Waals surface area contributed by atoms with Crippen LogP contribution in [-0.4, -0.2) is 75.2 Å². The number of nitrogens with zero attached hydrogens (tertiary/aromatic N) is 1. The second kappa shape index (κ2) is 14.8. The number of hydrogen-bond acceptors (Lipinski definition) is 6. The zero-order valence-corrected chi connectivity index (χ0v) is 25.1. The minimum absolute atomic E-state index is 0.0669. The van der Waals surface area contributed by atoms with Crippen LogP contribution >= 0.6 is 0 Å². The summed E-state index contributed by atoms with van der Waals surface area (Å²) in [5.41, 5.74) is 7.61. The van der Waals surface area contributed by atoms with E-state index in [4.69, 9.17) is 14.2 Å². The van der Waals surface area contributed by atoms with Gasteiger partial charge in [0.25, 0.3) is 0 Å². The highest BCUT2D eigenvalue weighted by atomic mass is 19.1. The quantitative estimate of drug-likeness (QED) is 0.248. The molecule has 0 aromatic carbocycles. The van der Waals surface area contributed by atoms with E-state index in [0.717, 1.165) is 82.0 Å². The summed E-state index contributed by atoms with van der Waals surface area (Å²) in [7, 11) is 1.42. The molecule has 0 aromatic rings. The fraction of sp³-hybridized carbons (Fsp3) is 0.676. The first kappa shape index (κ1) is 30.2. The van der Waals surface area contributed by atoms with Crippen molar-refractivity contribution in [3.05, 3.63) is 57.9 Å². The van der Waals surface area contributed by atoms with Crippen LogP contribution in [0.25, 0.3) is 0 Å². The van der Waals surface area contributed by atoms with E-state index >= 15 is 0 Å². The van der Waals surface area contributed by atoms with Crippen molar-refractivity contribution >= 4 is 5.97 Å². The third-order valence-corrected chi connectivity index (χ3v) is 9.37. The van der Waals surface area contributed by atoms with Crippen molar-refractivity contribution in [1.29, 1.82) is 0 Å². The van der Waals surface area contributed by atoms with Gasteiger partial charge in [0.1, 0.15) is 12.2 Å². The minimum Gasteiger partial charge on any atom is -0.468 e. The molecule has 41 heavy (non-hydrogen) atoms. The Morgan fingerprint density at radius 1 is 1.17 bits per heavy atom. The third-order valence-electron chi connectivity index (χ3n) is 9.37. The summed E-state index contributed by atoms with van der Waals surface area (Å²) in [6.07, 6.45) is 19.2. The van der Waals surface area contributed by atoms with Crippen LogP contribution in [0.1, 0.15) is 84.0 Å². The molecule has 0 spiro atoms. The number of rotatable bonds is 10. The van der Waals surface area contributed by atoms with Crippen molar-refractivity contribution < 1.29 is 23.4 Å². The van der Waals surface area contributed by atoms with Gasteiger partial charge in [0.2, 0.25) is 0 Å². The van der Waals surface area contributed by atoms with Crippen molar-refractivity contribution in [2.75, 3.05) is 40.0 Å². The van der Waals surface area contributed by atoms with Crippen molar-refractivity contribution in [2.24, 2.45) is 0 Å². The Bertz CT molecular complexity index is 1080. The van der Waals surface area contributed by atoms with Crippen LogP contribution in [-0.2, 0) is 19.0 Å². The maximum atomic E-state index is 14.6. The molecule has 3 aliphatic heterocycles. The number of methoxy groups -OCH3 is 1. The van der Waals surface area contributed by atoms with Gasteiger partial charge in [-0.05, 0) is 106 Å². The van der Waals surface area contributed by atoms with Crippen molar-refractivity contribution in [2.45, 2.75) is 108 Å². The molecule has 0 aromatic heterocycles. The first-order valence-electron chi connectivity index (χ1n) is 16.0. The average Bonchev–Trinajstić information content (AvgIpc) is 3.45. The van der Waals surface area contributed by atoms with Crippen LogP contribution in [0, 0.1) is 0 Å². The molecule has 2 unspecified atom stereocenters. The van der Waals surface area contributed by atoms with Crippen molar-refractivity contribution in [1.82, 2.24) is 10.2 Å². The lowest BCUT2D eigenvalue weighted by atomic mass is 9.85. The maximum Gasteiger partial charge on any atom is 0.327 e. The van der Waals surface area contributed by atoms with E-state index in [1.807, 2.05) is 6.08 Å². The Balaban J connectivity index is 1.12. The summed E-state index contributed by atoms with van der Waals surface area (Å²) >= 11 is 0. The number of nitrogens with one attached hydrogen (secondary N) is 1. The standard InChI is InChI=1S/C34H49FN2O4/c1-24-11-16-31-26(9-7-18-36-31)13-12-25(24)8-3-5-20-40-28-17-19-37(23-28)33(34(38)39-2)30-22-27(35)14-15-29(30)32-10-4-6-21-41-32/h12-13,15,22,27-28,32-33,36H,3-11,14,16-21,23H2,1-2H3/b13-12-,25-24+/t27?,28-,32+,33?/m1/s1. The van der Waals surface area contributed by atoms with E-state index < -0.39 is 12.2 Å². The molecule has 7 heteroatoms. The molecule has 5 aliphatic rings. The van der Waals surface area contributed by atoms with E-state index in [1.165, 1.54) is 42.4 Å². The van der Waals surface area contributed by atoms with Crippen LogP contribution in [0.3, 0.4) is 0 Å². The Labute approximate surface area is 245 Å². The molecule has 0 amide bonds. The lowest BCUT2D eigenvalue weighted by Gasteiger charge is -2.35. The first-order chi connectivity index (χ1) is 20.0. The summed E-state index contributed by atoms with van der Waals surface area (Å²) < 4.78 is 32.2. The second-order valence-corrected chi connectivity index (χ2v) is 12.2. The van der Waals surface area contributed by atoms with Gasteiger partial charge >= 0.3 is 5.97 Å². The van der Waals surface area contributed by atoms with Gasteiger partial charge in [-0.3, -0.25) is 4.90 Å². The molecule has 1 N–H and O–H groups in total. The molecular weight excluding hydrogens is 519 g/mol. The summed E-state index contributed by atoms with van der Waals surface area (Å²) in [5, 5.41) is 3.60. The van der Waals surface area contributed by atoms with Crippen LogP contribution in [0.15, 0.2) is 57.9 Å². The number of alkyl halides is 1. The monoisotopic (exact) mass is 568 g/mol. The molecule has 2 aliphatic carbocycles. The zero-order chi connectivity index (χ0) is 28.6. The molecule has 0 radical (unpaired) electrons. The van der Waals surface area contributed by atoms with Crippen molar-refractivity contribution in [3.8, 4) is 0 Å². The molecule has 0 saturated carbocycles. The first-order valence-corrected chi connectivity index (χ1v) is 16.0. The highest BCUT2D eigenvalue weighted by molar-refractivity contribution is 5.81. The van der Waals surface area contributed by atoms with Crippen LogP contribution in [0.2, 0.25) is 0 Å². The molecular formula is C34H49FN2O4. The molecule has 5 rings (SSSR count). The largest absolute Gasteiger partial charge is 0.468 e. The fourth-order valence-corrected chi connectivity index (χ4v) is 6.97. The highest BCUT2D eigenvalue weighted by Crippen LogP contribution is 2.35. The number of ether oxygens (including phenoxy) is 3. The van der Waals surface area contributed by atoms with Crippen molar-refractivity contribution in [3.63, 3.8) is 0 Å². The summed E-state index contributed by atoms with van der Waals surface area (Å²) in [4.78, 5) is 15.2. The number of esters is 1. The Morgan fingerprint density at radius 2 is 2.07 bits per heavy atom.